The maximum Gasteiger partial charge on any atom is 0.279 e. The summed E-state index contributed by atoms with van der Waals surface area (Å²) in [6, 6.07) is 14.7. The van der Waals surface area contributed by atoms with Gasteiger partial charge in [-0.2, -0.15) is 4.99 Å². The van der Waals surface area contributed by atoms with Crippen LogP contribution in [0.5, 0.6) is 0 Å². The number of carbonyl (C=O) groups excluding carboxylic acids is 2. The van der Waals surface area contributed by atoms with Gasteiger partial charge < -0.3 is 9.88 Å². The zero-order valence-electron chi connectivity index (χ0n) is 15.9. The zero-order valence-corrected chi connectivity index (χ0v) is 16.7. The van der Waals surface area contributed by atoms with E-state index >= 15 is 0 Å². The van der Waals surface area contributed by atoms with Gasteiger partial charge in [0.1, 0.15) is 0 Å². The van der Waals surface area contributed by atoms with Crippen molar-refractivity contribution in [2.45, 2.75) is 13.8 Å². The van der Waals surface area contributed by atoms with Crippen molar-refractivity contribution in [1.29, 1.82) is 0 Å². The quantitative estimate of drug-likeness (QED) is 0.675. The van der Waals surface area contributed by atoms with E-state index in [1.807, 2.05) is 44.2 Å². The van der Waals surface area contributed by atoms with Gasteiger partial charge in [-0.1, -0.05) is 18.2 Å². The lowest BCUT2D eigenvalue weighted by atomic mass is 10.2. The molecular formula is C22H18N4O2S. The van der Waals surface area contributed by atoms with Crippen LogP contribution >= 0.6 is 11.8 Å². The fourth-order valence-electron chi connectivity index (χ4n) is 3.18. The van der Waals surface area contributed by atoms with Gasteiger partial charge in [0.25, 0.3) is 11.8 Å². The molecule has 0 bridgehead atoms. The number of hydrogen-bond donors (Lipinski definition) is 1. The predicted molar refractivity (Wildman–Crippen MR) is 115 cm³/mol. The molecule has 1 aromatic carbocycles. The number of thioether (sulfide) groups is 1. The van der Waals surface area contributed by atoms with Gasteiger partial charge in [0.05, 0.1) is 16.8 Å². The Labute approximate surface area is 172 Å². The number of hydrogen-bond acceptors (Lipinski definition) is 4. The fraction of sp³-hybridized carbons (Fsp3) is 0.0909. The van der Waals surface area contributed by atoms with Crippen LogP contribution in [0.1, 0.15) is 27.3 Å². The summed E-state index contributed by atoms with van der Waals surface area (Å²) in [4.78, 5) is 33.3. The minimum atomic E-state index is -0.385. The highest BCUT2D eigenvalue weighted by atomic mass is 32.2. The number of nitrogens with zero attached hydrogens (tertiary/aromatic N) is 3. The summed E-state index contributed by atoms with van der Waals surface area (Å²) in [5.41, 5.74) is 4.42. The van der Waals surface area contributed by atoms with Crippen molar-refractivity contribution in [3.8, 4) is 5.69 Å². The van der Waals surface area contributed by atoms with Crippen molar-refractivity contribution in [3.63, 3.8) is 0 Å². The Balaban J connectivity index is 1.61. The molecule has 0 radical (unpaired) electrons. The lowest BCUT2D eigenvalue weighted by Crippen LogP contribution is -2.20. The highest BCUT2D eigenvalue weighted by Gasteiger charge is 2.25. The minimum Gasteiger partial charge on any atom is -0.316 e. The van der Waals surface area contributed by atoms with Crippen molar-refractivity contribution in [2.75, 3.05) is 0 Å². The summed E-state index contributed by atoms with van der Waals surface area (Å²) >= 11 is 1.16. The maximum atomic E-state index is 12.4. The molecule has 1 saturated heterocycles. The van der Waals surface area contributed by atoms with Crippen LogP contribution in [0.3, 0.4) is 0 Å². The van der Waals surface area contributed by atoms with Gasteiger partial charge in [-0.15, -0.1) is 0 Å². The number of nitrogens with one attached hydrogen (secondary N) is 1. The molecule has 0 atom stereocenters. The standard InChI is InChI=1S/C22H18N4O2S/c1-14-11-17(15(2)26(14)18-9-6-10-23-13-18)12-19-21(28)25-22(29-19)24-20(27)16-7-4-3-5-8-16/h3-13H,1-2H3,(H,24,25,27,28)/b19-12-. The molecule has 0 unspecified atom stereocenters. The highest BCUT2D eigenvalue weighted by molar-refractivity contribution is 8.18. The first-order valence-electron chi connectivity index (χ1n) is 9.01. The number of amides is 2. The van der Waals surface area contributed by atoms with E-state index in [-0.39, 0.29) is 17.0 Å². The van der Waals surface area contributed by atoms with Crippen LogP contribution in [0.25, 0.3) is 11.8 Å². The van der Waals surface area contributed by atoms with Gasteiger partial charge in [0.15, 0.2) is 5.17 Å². The molecule has 29 heavy (non-hydrogen) atoms. The van der Waals surface area contributed by atoms with Gasteiger partial charge in [0.2, 0.25) is 0 Å². The third-order valence-electron chi connectivity index (χ3n) is 4.54. The number of rotatable bonds is 3. The number of aromatic nitrogens is 2. The Bertz CT molecular complexity index is 1150. The monoisotopic (exact) mass is 402 g/mol. The largest absolute Gasteiger partial charge is 0.316 e. The topological polar surface area (TPSA) is 76.3 Å². The van der Waals surface area contributed by atoms with Crippen LogP contribution in [0.15, 0.2) is 70.8 Å². The maximum absolute atomic E-state index is 12.4. The molecule has 144 valence electrons. The second-order valence-electron chi connectivity index (χ2n) is 6.53. The molecule has 1 fully saturated rings. The van der Waals surface area contributed by atoms with Crippen LogP contribution in [0, 0.1) is 13.8 Å². The Morgan fingerprint density at radius 3 is 2.69 bits per heavy atom. The molecule has 0 aliphatic carbocycles. The van der Waals surface area contributed by atoms with Crippen molar-refractivity contribution in [3.05, 3.63) is 88.3 Å². The SMILES string of the molecule is Cc1cc(/C=C2\SC(=NC(=O)c3ccccc3)NC2=O)c(C)n1-c1cccnc1. The average Bonchev–Trinajstić information content (AvgIpc) is 3.21. The van der Waals surface area contributed by atoms with Crippen molar-refractivity contribution >= 4 is 34.8 Å². The van der Waals surface area contributed by atoms with Crippen molar-refractivity contribution in [2.24, 2.45) is 4.99 Å². The molecular weight excluding hydrogens is 384 g/mol. The van der Waals surface area contributed by atoms with Gasteiger partial charge in [-0.05, 0) is 67.6 Å². The summed E-state index contributed by atoms with van der Waals surface area (Å²) < 4.78 is 2.09. The third kappa shape index (κ3) is 3.90. The second-order valence-corrected chi connectivity index (χ2v) is 7.56. The lowest BCUT2D eigenvalue weighted by Gasteiger charge is -2.08. The average molecular weight is 402 g/mol. The van der Waals surface area contributed by atoms with Crippen molar-refractivity contribution < 1.29 is 9.59 Å². The van der Waals surface area contributed by atoms with Crippen LogP contribution in [-0.4, -0.2) is 26.5 Å². The predicted octanol–water partition coefficient (Wildman–Crippen LogP) is 3.89. The van der Waals surface area contributed by atoms with Gasteiger partial charge in [0, 0.05) is 23.1 Å². The Hall–Kier alpha value is -3.45. The molecule has 0 spiro atoms. The lowest BCUT2D eigenvalue weighted by molar-refractivity contribution is -0.115. The van der Waals surface area contributed by atoms with Gasteiger partial charge in [-0.3, -0.25) is 14.6 Å². The molecule has 1 N–H and O–H groups in total. The van der Waals surface area contributed by atoms with E-state index in [9.17, 15) is 9.59 Å². The summed E-state index contributed by atoms with van der Waals surface area (Å²) in [6.07, 6.45) is 5.36. The molecule has 4 rings (SSSR count). The first-order valence-corrected chi connectivity index (χ1v) is 9.83. The molecule has 1 aliphatic rings. The van der Waals surface area contributed by atoms with E-state index < -0.39 is 0 Å². The van der Waals surface area contributed by atoms with Gasteiger partial charge in [-0.25, -0.2) is 0 Å². The van der Waals surface area contributed by atoms with Crippen LogP contribution in [0.4, 0.5) is 0 Å². The first kappa shape index (κ1) is 18.9. The normalized spacial score (nSPS) is 16.4. The van der Waals surface area contributed by atoms with Crippen molar-refractivity contribution in [1.82, 2.24) is 14.9 Å². The zero-order chi connectivity index (χ0) is 20.4. The molecule has 1 aliphatic heterocycles. The first-order chi connectivity index (χ1) is 14.0. The number of pyridine rings is 1. The Kier molecular flexibility index (Phi) is 5.14. The molecule has 3 aromatic rings. The number of aliphatic imine (C=N–C) groups is 1. The Morgan fingerprint density at radius 2 is 1.97 bits per heavy atom. The van der Waals surface area contributed by atoms with E-state index in [1.165, 1.54) is 0 Å². The number of amidine groups is 1. The Morgan fingerprint density at radius 1 is 1.17 bits per heavy atom. The molecule has 2 amide bonds. The van der Waals surface area contributed by atoms with Gasteiger partial charge >= 0.3 is 0 Å². The number of aryl methyl sites for hydroxylation is 1. The van der Waals surface area contributed by atoms with E-state index in [0.717, 1.165) is 34.4 Å². The van der Waals surface area contributed by atoms with E-state index in [0.29, 0.717) is 10.5 Å². The molecule has 6 nitrogen and oxygen atoms in total. The second kappa shape index (κ2) is 7.89. The summed E-state index contributed by atoms with van der Waals surface area (Å²) in [6.45, 7) is 4.01. The van der Waals surface area contributed by atoms with Crippen LogP contribution < -0.4 is 5.32 Å². The summed E-state index contributed by atoms with van der Waals surface area (Å²) in [5.74, 6) is -0.648. The highest BCUT2D eigenvalue weighted by Crippen LogP contribution is 2.29. The van der Waals surface area contributed by atoms with Crippen LogP contribution in [0.2, 0.25) is 0 Å². The third-order valence-corrected chi connectivity index (χ3v) is 5.45. The molecule has 2 aromatic heterocycles. The molecule has 3 heterocycles. The van der Waals surface area contributed by atoms with E-state index in [1.54, 1.807) is 36.7 Å². The minimum absolute atomic E-state index is 0.263. The fourth-order valence-corrected chi connectivity index (χ4v) is 3.99. The molecule has 0 saturated carbocycles. The van der Waals surface area contributed by atoms with Crippen LogP contribution in [-0.2, 0) is 4.79 Å². The number of benzene rings is 1. The molecule has 7 heteroatoms. The summed E-state index contributed by atoms with van der Waals surface area (Å²) in [5, 5.41) is 2.95. The van der Waals surface area contributed by atoms with E-state index in [4.69, 9.17) is 0 Å². The summed E-state index contributed by atoms with van der Waals surface area (Å²) in [7, 11) is 0. The number of carbonyl (C=O) groups is 2. The smallest absolute Gasteiger partial charge is 0.279 e. The van der Waals surface area contributed by atoms with E-state index in [2.05, 4.69) is 19.9 Å².